The van der Waals surface area contributed by atoms with Crippen LogP contribution in [0.4, 0.5) is 0 Å². The van der Waals surface area contributed by atoms with E-state index in [9.17, 15) is 13.2 Å². The van der Waals surface area contributed by atoms with Gasteiger partial charge in [-0.2, -0.15) is 0 Å². The molecule has 1 aromatic heterocycles. The maximum Gasteiger partial charge on any atom is 0.251 e. The minimum absolute atomic E-state index is 0.145. The largest absolute Gasteiger partial charge is 0.348 e. The van der Waals surface area contributed by atoms with Crippen molar-refractivity contribution in [2.45, 2.75) is 36.2 Å². The van der Waals surface area contributed by atoms with Gasteiger partial charge in [0.1, 0.15) is 0 Å². The Bertz CT molecular complexity index is 1600. The molecule has 0 bridgehead atoms. The van der Waals surface area contributed by atoms with Crippen molar-refractivity contribution in [2.75, 3.05) is 0 Å². The molecule has 0 saturated heterocycles. The van der Waals surface area contributed by atoms with Gasteiger partial charge in [0.2, 0.25) is 9.84 Å². The van der Waals surface area contributed by atoms with Crippen molar-refractivity contribution >= 4 is 43.0 Å². The number of nitrogens with zero attached hydrogens (tertiary/aromatic N) is 2. The van der Waals surface area contributed by atoms with Gasteiger partial charge in [0.15, 0.2) is 0 Å². The Kier molecular flexibility index (Phi) is 6.08. The Morgan fingerprint density at radius 3 is 2.54 bits per heavy atom. The van der Waals surface area contributed by atoms with Crippen LogP contribution in [0.3, 0.4) is 0 Å². The van der Waals surface area contributed by atoms with Gasteiger partial charge >= 0.3 is 0 Å². The van der Waals surface area contributed by atoms with E-state index in [-0.39, 0.29) is 21.7 Å². The Hall–Kier alpha value is -3.62. The second-order valence-corrected chi connectivity index (χ2v) is 11.3. The fraction of sp³-hybridized carbons (Fsp3) is 0.148. The molecule has 2 heterocycles. The van der Waals surface area contributed by atoms with Crippen LogP contribution >= 0.6 is 11.3 Å². The molecular weight excluding hydrogens is 478 g/mol. The van der Waals surface area contributed by atoms with Gasteiger partial charge in [0, 0.05) is 17.8 Å². The summed E-state index contributed by atoms with van der Waals surface area (Å²) in [7, 11) is -3.69. The standard InChI is InChI=1S/C27H23N3O3S2/c1-17-12-18(2)30-26(17)20-4-3-5-23(13-20)35(32,33)22-9-6-19(7-10-22)15-28-27(31)21-8-11-24-25(14-21)34-16-29-24/h3-14,16,26H,15H2,1-2H3,(H,28,31). The Morgan fingerprint density at radius 2 is 1.80 bits per heavy atom. The van der Waals surface area contributed by atoms with E-state index >= 15 is 0 Å². The van der Waals surface area contributed by atoms with E-state index in [2.05, 4.69) is 15.3 Å². The molecule has 1 aliphatic heterocycles. The summed E-state index contributed by atoms with van der Waals surface area (Å²) < 4.78 is 27.5. The average molecular weight is 502 g/mol. The van der Waals surface area contributed by atoms with Crippen LogP contribution in [0.15, 0.2) is 98.7 Å². The first kappa shape index (κ1) is 23.1. The molecule has 1 aliphatic rings. The van der Waals surface area contributed by atoms with Crippen LogP contribution in [0.5, 0.6) is 0 Å². The zero-order valence-corrected chi connectivity index (χ0v) is 20.9. The third-order valence-electron chi connectivity index (χ3n) is 5.96. The summed E-state index contributed by atoms with van der Waals surface area (Å²) in [6, 6.07) is 18.8. The number of fused-ring (bicyclic) bond motifs is 1. The molecule has 1 N–H and O–H groups in total. The molecule has 1 amide bonds. The number of rotatable bonds is 6. The Morgan fingerprint density at radius 1 is 1.00 bits per heavy atom. The average Bonchev–Trinajstić information content (AvgIpc) is 3.47. The van der Waals surface area contributed by atoms with Gasteiger partial charge in [-0.05, 0) is 79.1 Å². The molecule has 0 aliphatic carbocycles. The van der Waals surface area contributed by atoms with Crippen LogP contribution < -0.4 is 5.32 Å². The van der Waals surface area contributed by atoms with E-state index in [1.54, 1.807) is 54.0 Å². The van der Waals surface area contributed by atoms with Crippen LogP contribution in [0.25, 0.3) is 10.2 Å². The number of amides is 1. The van der Waals surface area contributed by atoms with Gasteiger partial charge in [-0.3, -0.25) is 9.79 Å². The third kappa shape index (κ3) is 4.67. The van der Waals surface area contributed by atoms with Crippen LogP contribution in [0.2, 0.25) is 0 Å². The molecule has 3 aromatic carbocycles. The molecule has 0 spiro atoms. The molecule has 5 rings (SSSR count). The van der Waals surface area contributed by atoms with Gasteiger partial charge in [-0.1, -0.05) is 24.3 Å². The maximum absolute atomic E-state index is 13.3. The summed E-state index contributed by atoms with van der Waals surface area (Å²) in [5.41, 5.74) is 6.87. The first-order valence-corrected chi connectivity index (χ1v) is 13.5. The number of thiazole rings is 1. The molecule has 0 fully saturated rings. The molecular formula is C27H23N3O3S2. The van der Waals surface area contributed by atoms with E-state index in [0.717, 1.165) is 32.6 Å². The van der Waals surface area contributed by atoms with Gasteiger partial charge in [-0.15, -0.1) is 11.3 Å². The van der Waals surface area contributed by atoms with E-state index in [1.807, 2.05) is 38.1 Å². The number of nitrogens with one attached hydrogen (secondary N) is 1. The van der Waals surface area contributed by atoms with Crippen molar-refractivity contribution < 1.29 is 13.2 Å². The summed E-state index contributed by atoms with van der Waals surface area (Å²) in [6.45, 7) is 4.23. The summed E-state index contributed by atoms with van der Waals surface area (Å²) >= 11 is 1.49. The Balaban J connectivity index is 1.29. The Labute approximate surface area is 208 Å². The summed E-state index contributed by atoms with van der Waals surface area (Å²) in [6.07, 6.45) is 2.01. The van der Waals surface area contributed by atoms with Gasteiger partial charge in [0.05, 0.1) is 31.6 Å². The fourth-order valence-corrected chi connectivity index (χ4v) is 6.18. The maximum atomic E-state index is 13.3. The number of allylic oxidation sites excluding steroid dienone is 1. The van der Waals surface area contributed by atoms with Crippen LogP contribution in [-0.4, -0.2) is 25.0 Å². The first-order chi connectivity index (χ1) is 16.8. The van der Waals surface area contributed by atoms with Crippen LogP contribution in [-0.2, 0) is 16.4 Å². The second kappa shape index (κ2) is 9.20. The monoisotopic (exact) mass is 501 g/mol. The highest BCUT2D eigenvalue weighted by atomic mass is 32.2. The molecule has 4 aromatic rings. The molecule has 0 radical (unpaired) electrons. The number of hydrogen-bond acceptors (Lipinski definition) is 6. The van der Waals surface area contributed by atoms with Gasteiger partial charge < -0.3 is 5.32 Å². The van der Waals surface area contributed by atoms with E-state index in [0.29, 0.717) is 12.1 Å². The van der Waals surface area contributed by atoms with Crippen molar-refractivity contribution in [1.82, 2.24) is 10.3 Å². The third-order valence-corrected chi connectivity index (χ3v) is 8.52. The highest BCUT2D eigenvalue weighted by molar-refractivity contribution is 7.91. The lowest BCUT2D eigenvalue weighted by atomic mass is 10.0. The van der Waals surface area contributed by atoms with E-state index in [4.69, 9.17) is 0 Å². The quantitative estimate of drug-likeness (QED) is 0.377. The molecule has 35 heavy (non-hydrogen) atoms. The molecule has 0 saturated carbocycles. The van der Waals surface area contributed by atoms with Gasteiger partial charge in [-0.25, -0.2) is 13.4 Å². The smallest absolute Gasteiger partial charge is 0.251 e. The zero-order valence-electron chi connectivity index (χ0n) is 19.2. The summed E-state index contributed by atoms with van der Waals surface area (Å²) in [5, 5.41) is 2.89. The predicted molar refractivity (Wildman–Crippen MR) is 139 cm³/mol. The SMILES string of the molecule is CC1=CC(C)=NC1c1cccc(S(=O)(=O)c2ccc(CNC(=O)c3ccc4ncsc4c3)cc2)c1. The molecule has 1 unspecified atom stereocenters. The molecule has 176 valence electrons. The van der Waals surface area contributed by atoms with Crippen molar-refractivity contribution in [1.29, 1.82) is 0 Å². The van der Waals surface area contributed by atoms with E-state index in [1.165, 1.54) is 11.3 Å². The van der Waals surface area contributed by atoms with E-state index < -0.39 is 9.84 Å². The highest BCUT2D eigenvalue weighted by Crippen LogP contribution is 2.32. The molecule has 8 heteroatoms. The van der Waals surface area contributed by atoms with Crippen molar-refractivity contribution in [2.24, 2.45) is 4.99 Å². The molecule has 6 nitrogen and oxygen atoms in total. The lowest BCUT2D eigenvalue weighted by Gasteiger charge is -2.12. The minimum atomic E-state index is -3.69. The first-order valence-electron chi connectivity index (χ1n) is 11.1. The number of hydrogen-bond donors (Lipinski definition) is 1. The fourth-order valence-electron chi connectivity index (χ4n) is 4.14. The number of sulfone groups is 1. The minimum Gasteiger partial charge on any atom is -0.348 e. The second-order valence-electron chi connectivity index (χ2n) is 8.50. The number of carbonyl (C=O) groups is 1. The number of benzene rings is 3. The zero-order chi connectivity index (χ0) is 24.6. The normalized spacial score (nSPS) is 15.7. The highest BCUT2D eigenvalue weighted by Gasteiger charge is 2.22. The lowest BCUT2D eigenvalue weighted by molar-refractivity contribution is 0.0951. The lowest BCUT2D eigenvalue weighted by Crippen LogP contribution is -2.22. The number of carbonyl (C=O) groups excluding carboxylic acids is 1. The number of aliphatic imine (C=N–C) groups is 1. The topological polar surface area (TPSA) is 88.5 Å². The molecule has 1 atom stereocenters. The van der Waals surface area contributed by atoms with Crippen LogP contribution in [0, 0.1) is 0 Å². The van der Waals surface area contributed by atoms with Gasteiger partial charge in [0.25, 0.3) is 5.91 Å². The van der Waals surface area contributed by atoms with Crippen molar-refractivity contribution in [3.05, 3.63) is 101 Å². The predicted octanol–water partition coefficient (Wildman–Crippen LogP) is 5.52. The summed E-state index contributed by atoms with van der Waals surface area (Å²) in [5.74, 6) is -0.192. The van der Waals surface area contributed by atoms with Crippen molar-refractivity contribution in [3.63, 3.8) is 0 Å². The van der Waals surface area contributed by atoms with Crippen LogP contribution in [0.1, 0.15) is 41.4 Å². The summed E-state index contributed by atoms with van der Waals surface area (Å²) in [4.78, 5) is 21.8. The number of aromatic nitrogens is 1. The van der Waals surface area contributed by atoms with Crippen molar-refractivity contribution in [3.8, 4) is 0 Å².